The Labute approximate surface area is 128 Å². The van der Waals surface area contributed by atoms with Crippen LogP contribution in [0.3, 0.4) is 0 Å². The van der Waals surface area contributed by atoms with Crippen molar-refractivity contribution >= 4 is 11.6 Å². The minimum absolute atomic E-state index is 0.0357. The predicted molar refractivity (Wildman–Crippen MR) is 85.4 cm³/mol. The largest absolute Gasteiger partial charge is 0.370 e. The average molecular weight is 282 g/mol. The maximum absolute atomic E-state index is 7.20. The van der Waals surface area contributed by atoms with E-state index < -0.39 is 0 Å². The van der Waals surface area contributed by atoms with Crippen molar-refractivity contribution < 1.29 is 0 Å². The Morgan fingerprint density at radius 1 is 0.591 bits per heavy atom. The van der Waals surface area contributed by atoms with Gasteiger partial charge in [-0.3, -0.25) is 0 Å². The van der Waals surface area contributed by atoms with E-state index in [2.05, 4.69) is 19.7 Å². The van der Waals surface area contributed by atoms with Gasteiger partial charge in [0.2, 0.25) is 11.4 Å². The zero-order chi connectivity index (χ0) is 15.4. The van der Waals surface area contributed by atoms with E-state index in [9.17, 15) is 0 Å². The van der Waals surface area contributed by atoms with Crippen LogP contribution in [0, 0.1) is 13.1 Å². The minimum atomic E-state index is 0.0357. The fraction of sp³-hybridized carbons (Fsp3) is 0. The molecule has 0 N–H and O–H groups in total. The number of hydrogen-bond acceptors (Lipinski definition) is 2. The van der Waals surface area contributed by atoms with E-state index in [0.717, 1.165) is 11.1 Å². The van der Waals surface area contributed by atoms with Crippen molar-refractivity contribution in [2.75, 3.05) is 0 Å². The summed E-state index contributed by atoms with van der Waals surface area (Å²) in [7, 11) is 0. The van der Waals surface area contributed by atoms with Gasteiger partial charge in [-0.25, -0.2) is 0 Å². The van der Waals surface area contributed by atoms with Gasteiger partial charge in [0, 0.05) is 11.1 Å². The maximum Gasteiger partial charge on any atom is 0.294 e. The van der Waals surface area contributed by atoms with Crippen molar-refractivity contribution in [1.82, 2.24) is 9.97 Å². The second kappa shape index (κ2) is 5.87. The Balaban J connectivity index is 2.32. The first-order chi connectivity index (χ1) is 10.8. The van der Waals surface area contributed by atoms with Crippen molar-refractivity contribution in [3.63, 3.8) is 0 Å². The monoisotopic (exact) mass is 282 g/mol. The van der Waals surface area contributed by atoms with Crippen molar-refractivity contribution in [2.24, 2.45) is 0 Å². The molecule has 0 aliphatic carbocycles. The van der Waals surface area contributed by atoms with Crippen LogP contribution < -0.4 is 0 Å². The van der Waals surface area contributed by atoms with Gasteiger partial charge in [-0.05, 0) is 0 Å². The molecular formula is C18H10N4. The lowest BCUT2D eigenvalue weighted by atomic mass is 10.0. The molecule has 3 aromatic rings. The molecule has 3 rings (SSSR count). The van der Waals surface area contributed by atoms with E-state index in [4.69, 9.17) is 13.1 Å². The third kappa shape index (κ3) is 2.42. The molecular weight excluding hydrogens is 272 g/mol. The Bertz CT molecular complexity index is 812. The summed E-state index contributed by atoms with van der Waals surface area (Å²) in [5.41, 5.74) is 2.97. The van der Waals surface area contributed by atoms with E-state index in [0.29, 0.717) is 11.4 Å². The molecule has 0 aliphatic heterocycles. The van der Waals surface area contributed by atoms with E-state index in [-0.39, 0.29) is 11.6 Å². The van der Waals surface area contributed by atoms with Gasteiger partial charge in [0.05, 0.1) is 0 Å². The third-order valence-corrected chi connectivity index (χ3v) is 3.17. The molecule has 1 heterocycles. The molecule has 4 heteroatoms. The van der Waals surface area contributed by atoms with E-state index in [1.165, 1.54) is 0 Å². The van der Waals surface area contributed by atoms with E-state index in [1.54, 1.807) is 0 Å². The van der Waals surface area contributed by atoms with Crippen LogP contribution in [0.15, 0.2) is 60.7 Å². The second-order valence-electron chi connectivity index (χ2n) is 4.52. The fourth-order valence-corrected chi connectivity index (χ4v) is 2.16. The van der Waals surface area contributed by atoms with Crippen LogP contribution in [-0.4, -0.2) is 9.97 Å². The highest BCUT2D eigenvalue weighted by molar-refractivity contribution is 5.82. The molecule has 102 valence electrons. The molecule has 0 fully saturated rings. The normalized spacial score (nSPS) is 9.73. The Kier molecular flexibility index (Phi) is 3.59. The zero-order valence-corrected chi connectivity index (χ0v) is 11.6. The van der Waals surface area contributed by atoms with Gasteiger partial charge >= 0.3 is 0 Å². The maximum atomic E-state index is 7.20. The summed E-state index contributed by atoms with van der Waals surface area (Å²) in [5.74, 6) is 0.0714. The molecule has 0 amide bonds. The standard InChI is InChI=1S/C18H10N4/c1-19-17-18(20-2)22-16(14-11-7-4-8-12-14)15(21-17)13-9-5-3-6-10-13/h3-12H. The lowest BCUT2D eigenvalue weighted by Crippen LogP contribution is -1.93. The van der Waals surface area contributed by atoms with Crippen LogP contribution in [0.25, 0.3) is 32.2 Å². The average Bonchev–Trinajstić information content (AvgIpc) is 2.62. The van der Waals surface area contributed by atoms with Crippen LogP contribution in [0.1, 0.15) is 0 Å². The summed E-state index contributed by atoms with van der Waals surface area (Å²) in [6.07, 6.45) is 0. The molecule has 1 aromatic heterocycles. The lowest BCUT2D eigenvalue weighted by molar-refractivity contribution is 1.25. The smallest absolute Gasteiger partial charge is 0.294 e. The van der Waals surface area contributed by atoms with Gasteiger partial charge in [-0.15, -0.1) is 9.97 Å². The van der Waals surface area contributed by atoms with Crippen LogP contribution >= 0.6 is 0 Å². The number of aromatic nitrogens is 2. The van der Waals surface area contributed by atoms with Crippen molar-refractivity contribution in [2.45, 2.75) is 0 Å². The SMILES string of the molecule is [C-]#[N+]c1nc(-c2ccccc2)c(-c2ccccc2)nc1[N+]#[C-]. The van der Waals surface area contributed by atoms with E-state index in [1.807, 2.05) is 60.7 Å². The molecule has 0 saturated carbocycles. The summed E-state index contributed by atoms with van der Waals surface area (Å²) < 4.78 is 0. The Hall–Kier alpha value is -3.50. The van der Waals surface area contributed by atoms with Gasteiger partial charge in [0.25, 0.3) is 11.6 Å². The van der Waals surface area contributed by atoms with E-state index >= 15 is 0 Å². The predicted octanol–water partition coefficient (Wildman–Crippen LogP) is 4.91. The highest BCUT2D eigenvalue weighted by atomic mass is 15.0. The van der Waals surface area contributed by atoms with Gasteiger partial charge in [0.1, 0.15) is 0 Å². The molecule has 0 saturated heterocycles. The molecule has 0 radical (unpaired) electrons. The minimum Gasteiger partial charge on any atom is -0.370 e. The molecule has 22 heavy (non-hydrogen) atoms. The molecule has 2 aromatic carbocycles. The lowest BCUT2D eigenvalue weighted by Gasteiger charge is -2.04. The Morgan fingerprint density at radius 3 is 1.27 bits per heavy atom. The summed E-state index contributed by atoms with van der Waals surface area (Å²) >= 11 is 0. The van der Waals surface area contributed by atoms with Gasteiger partial charge in [0.15, 0.2) is 0 Å². The number of nitrogens with zero attached hydrogens (tertiary/aromatic N) is 4. The van der Waals surface area contributed by atoms with Crippen LogP contribution in [-0.2, 0) is 0 Å². The molecule has 0 atom stereocenters. The highest BCUT2D eigenvalue weighted by Gasteiger charge is 2.22. The van der Waals surface area contributed by atoms with Gasteiger partial charge in [-0.1, -0.05) is 73.8 Å². The number of benzene rings is 2. The highest BCUT2D eigenvalue weighted by Crippen LogP contribution is 2.35. The molecule has 0 unspecified atom stereocenters. The number of hydrogen-bond donors (Lipinski definition) is 0. The summed E-state index contributed by atoms with van der Waals surface area (Å²) in [6.45, 7) is 14.4. The summed E-state index contributed by atoms with van der Waals surface area (Å²) in [5, 5.41) is 0. The second-order valence-corrected chi connectivity index (χ2v) is 4.52. The fourth-order valence-electron chi connectivity index (χ4n) is 2.16. The number of rotatable bonds is 2. The molecule has 0 aliphatic rings. The Morgan fingerprint density at radius 2 is 0.955 bits per heavy atom. The first-order valence-corrected chi connectivity index (χ1v) is 6.61. The topological polar surface area (TPSA) is 34.5 Å². The van der Waals surface area contributed by atoms with Gasteiger partial charge < -0.3 is 9.69 Å². The van der Waals surface area contributed by atoms with Crippen molar-refractivity contribution in [1.29, 1.82) is 0 Å². The van der Waals surface area contributed by atoms with Crippen LogP contribution in [0.5, 0.6) is 0 Å². The first kappa shape index (κ1) is 13.5. The van der Waals surface area contributed by atoms with Crippen molar-refractivity contribution in [3.8, 4) is 22.5 Å². The first-order valence-electron chi connectivity index (χ1n) is 6.61. The van der Waals surface area contributed by atoms with Crippen molar-refractivity contribution in [3.05, 3.63) is 83.5 Å². The summed E-state index contributed by atoms with van der Waals surface area (Å²) in [4.78, 5) is 15.4. The van der Waals surface area contributed by atoms with Crippen LogP contribution in [0.4, 0.5) is 11.6 Å². The quantitative estimate of drug-likeness (QED) is 0.626. The molecule has 0 bridgehead atoms. The van der Waals surface area contributed by atoms with Crippen LogP contribution in [0.2, 0.25) is 0 Å². The third-order valence-electron chi connectivity index (χ3n) is 3.17. The molecule has 0 spiro atoms. The zero-order valence-electron chi connectivity index (χ0n) is 11.6. The summed E-state index contributed by atoms with van der Waals surface area (Å²) in [6, 6.07) is 19.1. The molecule has 4 nitrogen and oxygen atoms in total. The van der Waals surface area contributed by atoms with Gasteiger partial charge in [-0.2, -0.15) is 0 Å².